The van der Waals surface area contributed by atoms with E-state index >= 15 is 0 Å². The van der Waals surface area contributed by atoms with Gasteiger partial charge < -0.3 is 10.1 Å². The third-order valence-corrected chi connectivity index (χ3v) is 3.07. The summed E-state index contributed by atoms with van der Waals surface area (Å²) < 4.78 is 5.71. The van der Waals surface area contributed by atoms with Crippen LogP contribution >= 0.6 is 0 Å². The van der Waals surface area contributed by atoms with Gasteiger partial charge in [-0.2, -0.15) is 0 Å². The molecule has 0 aromatic rings. The van der Waals surface area contributed by atoms with Crippen LogP contribution in [0, 0.1) is 5.92 Å². The Morgan fingerprint density at radius 2 is 2.24 bits per heavy atom. The molecule has 0 bridgehead atoms. The Kier molecular flexibility index (Phi) is 3.66. The van der Waals surface area contributed by atoms with Crippen LogP contribution in [0.5, 0.6) is 0 Å². The number of rotatable bonds is 3. The highest BCUT2D eigenvalue weighted by molar-refractivity contribution is 6.06. The summed E-state index contributed by atoms with van der Waals surface area (Å²) in [6.45, 7) is 6.96. The first-order chi connectivity index (χ1) is 8.06. The SMILES string of the molecule is CC(C)CN=C1NC(=O)C(C2CCC(C)O2)N1. The molecule has 0 saturated carbocycles. The number of ether oxygens (including phenoxy) is 1. The van der Waals surface area contributed by atoms with Gasteiger partial charge in [0, 0.05) is 6.54 Å². The van der Waals surface area contributed by atoms with Gasteiger partial charge >= 0.3 is 0 Å². The molecule has 5 nitrogen and oxygen atoms in total. The van der Waals surface area contributed by atoms with E-state index in [2.05, 4.69) is 29.5 Å². The number of carbonyl (C=O) groups excluding carboxylic acids is 1. The molecular formula is C12H21N3O2. The van der Waals surface area contributed by atoms with Crippen LogP contribution in [0.2, 0.25) is 0 Å². The summed E-state index contributed by atoms with van der Waals surface area (Å²) in [6, 6.07) is -0.272. The standard InChI is InChI=1S/C12H21N3O2/c1-7(2)6-13-12-14-10(11(16)15-12)9-5-4-8(3)17-9/h7-10H,4-6H2,1-3H3,(H2,13,14,15,16). The fourth-order valence-electron chi connectivity index (χ4n) is 2.14. The van der Waals surface area contributed by atoms with Crippen molar-refractivity contribution in [3.8, 4) is 0 Å². The summed E-state index contributed by atoms with van der Waals surface area (Å²) >= 11 is 0. The summed E-state index contributed by atoms with van der Waals surface area (Å²) in [4.78, 5) is 16.1. The maximum atomic E-state index is 11.8. The Morgan fingerprint density at radius 1 is 1.47 bits per heavy atom. The van der Waals surface area contributed by atoms with Crippen LogP contribution in [0.4, 0.5) is 0 Å². The second-order valence-corrected chi connectivity index (χ2v) is 5.26. The van der Waals surface area contributed by atoms with Gasteiger partial charge in [0.05, 0.1) is 12.2 Å². The lowest BCUT2D eigenvalue weighted by Gasteiger charge is -2.16. The molecule has 0 radical (unpaired) electrons. The van der Waals surface area contributed by atoms with Crippen molar-refractivity contribution in [3.05, 3.63) is 0 Å². The second kappa shape index (κ2) is 5.04. The maximum absolute atomic E-state index is 11.8. The average Bonchev–Trinajstić information content (AvgIpc) is 2.82. The Morgan fingerprint density at radius 3 is 2.82 bits per heavy atom. The Bertz CT molecular complexity index is 328. The minimum absolute atomic E-state index is 0.0169. The fraction of sp³-hybridized carbons (Fsp3) is 0.833. The largest absolute Gasteiger partial charge is 0.373 e. The van der Waals surface area contributed by atoms with E-state index in [1.165, 1.54) is 0 Å². The van der Waals surface area contributed by atoms with Gasteiger partial charge in [0.2, 0.25) is 0 Å². The number of amides is 1. The first-order valence-corrected chi connectivity index (χ1v) is 6.33. The molecule has 96 valence electrons. The van der Waals surface area contributed by atoms with Crippen molar-refractivity contribution < 1.29 is 9.53 Å². The predicted octanol–water partition coefficient (Wildman–Crippen LogP) is 0.654. The topological polar surface area (TPSA) is 62.7 Å². The predicted molar refractivity (Wildman–Crippen MR) is 65.8 cm³/mol. The summed E-state index contributed by atoms with van der Waals surface area (Å²) in [6.07, 6.45) is 2.20. The molecule has 2 aliphatic heterocycles. The summed E-state index contributed by atoms with van der Waals surface area (Å²) in [5.74, 6) is 1.06. The number of hydrogen-bond donors (Lipinski definition) is 2. The van der Waals surface area contributed by atoms with E-state index < -0.39 is 0 Å². The highest BCUT2D eigenvalue weighted by atomic mass is 16.5. The van der Waals surface area contributed by atoms with Gasteiger partial charge in [-0.05, 0) is 25.7 Å². The van der Waals surface area contributed by atoms with E-state index in [-0.39, 0.29) is 24.2 Å². The molecule has 2 rings (SSSR count). The summed E-state index contributed by atoms with van der Waals surface area (Å²) in [5.41, 5.74) is 0. The fourth-order valence-corrected chi connectivity index (χ4v) is 2.14. The van der Waals surface area contributed by atoms with Crippen molar-refractivity contribution in [2.24, 2.45) is 10.9 Å². The number of nitrogens with one attached hydrogen (secondary N) is 2. The quantitative estimate of drug-likeness (QED) is 0.760. The zero-order valence-corrected chi connectivity index (χ0v) is 10.7. The van der Waals surface area contributed by atoms with E-state index in [1.54, 1.807) is 0 Å². The molecule has 17 heavy (non-hydrogen) atoms. The molecule has 2 N–H and O–H groups in total. The molecule has 2 saturated heterocycles. The average molecular weight is 239 g/mol. The zero-order valence-electron chi connectivity index (χ0n) is 10.7. The molecule has 1 amide bonds. The molecular weight excluding hydrogens is 218 g/mol. The van der Waals surface area contributed by atoms with E-state index in [0.29, 0.717) is 11.9 Å². The Hall–Kier alpha value is -1.10. The van der Waals surface area contributed by atoms with Crippen LogP contribution in [0.3, 0.4) is 0 Å². The second-order valence-electron chi connectivity index (χ2n) is 5.26. The highest BCUT2D eigenvalue weighted by Crippen LogP contribution is 2.22. The van der Waals surface area contributed by atoms with E-state index in [0.717, 1.165) is 19.4 Å². The summed E-state index contributed by atoms with van der Waals surface area (Å²) in [5, 5.41) is 5.89. The normalized spacial score (nSPS) is 35.4. The van der Waals surface area contributed by atoms with Crippen LogP contribution < -0.4 is 10.6 Å². The summed E-state index contributed by atoms with van der Waals surface area (Å²) in [7, 11) is 0. The van der Waals surface area contributed by atoms with Crippen LogP contribution in [0.25, 0.3) is 0 Å². The molecule has 2 aliphatic rings. The third-order valence-electron chi connectivity index (χ3n) is 3.07. The minimum atomic E-state index is -0.272. The molecule has 0 spiro atoms. The van der Waals surface area contributed by atoms with Gasteiger partial charge in [0.1, 0.15) is 6.04 Å². The number of carbonyl (C=O) groups is 1. The Labute approximate surface area is 102 Å². The number of aliphatic imine (C=N–C) groups is 1. The molecule has 2 heterocycles. The van der Waals surface area contributed by atoms with Gasteiger partial charge in [-0.3, -0.25) is 15.1 Å². The van der Waals surface area contributed by atoms with Crippen LogP contribution in [-0.4, -0.2) is 36.7 Å². The number of hydrogen-bond acceptors (Lipinski definition) is 3. The van der Waals surface area contributed by atoms with Crippen molar-refractivity contribution >= 4 is 11.9 Å². The van der Waals surface area contributed by atoms with E-state index in [1.807, 2.05) is 6.92 Å². The molecule has 3 unspecified atom stereocenters. The molecule has 3 atom stereocenters. The van der Waals surface area contributed by atoms with E-state index in [9.17, 15) is 4.79 Å². The molecule has 0 aromatic heterocycles. The van der Waals surface area contributed by atoms with Crippen LogP contribution in [0.15, 0.2) is 4.99 Å². The smallest absolute Gasteiger partial charge is 0.251 e. The maximum Gasteiger partial charge on any atom is 0.251 e. The highest BCUT2D eigenvalue weighted by Gasteiger charge is 2.39. The lowest BCUT2D eigenvalue weighted by atomic mass is 10.1. The number of guanidine groups is 1. The minimum Gasteiger partial charge on any atom is -0.373 e. The van der Waals surface area contributed by atoms with Crippen molar-refractivity contribution in [3.63, 3.8) is 0 Å². The zero-order chi connectivity index (χ0) is 12.4. The Balaban J connectivity index is 1.93. The van der Waals surface area contributed by atoms with Gasteiger partial charge in [-0.25, -0.2) is 0 Å². The van der Waals surface area contributed by atoms with Crippen molar-refractivity contribution in [2.45, 2.75) is 51.9 Å². The van der Waals surface area contributed by atoms with Crippen LogP contribution in [-0.2, 0) is 9.53 Å². The number of nitrogens with zero attached hydrogens (tertiary/aromatic N) is 1. The van der Waals surface area contributed by atoms with Crippen molar-refractivity contribution in [1.82, 2.24) is 10.6 Å². The lowest BCUT2D eigenvalue weighted by molar-refractivity contribution is -0.123. The molecule has 0 aliphatic carbocycles. The first-order valence-electron chi connectivity index (χ1n) is 6.33. The molecule has 2 fully saturated rings. The lowest BCUT2D eigenvalue weighted by Crippen LogP contribution is -2.40. The third kappa shape index (κ3) is 2.97. The van der Waals surface area contributed by atoms with Crippen molar-refractivity contribution in [1.29, 1.82) is 0 Å². The molecule has 0 aromatic carbocycles. The van der Waals surface area contributed by atoms with Gasteiger partial charge in [-0.15, -0.1) is 0 Å². The van der Waals surface area contributed by atoms with Crippen molar-refractivity contribution in [2.75, 3.05) is 6.54 Å². The van der Waals surface area contributed by atoms with Gasteiger partial charge in [0.25, 0.3) is 5.91 Å². The monoisotopic (exact) mass is 239 g/mol. The van der Waals surface area contributed by atoms with Gasteiger partial charge in [-0.1, -0.05) is 13.8 Å². The molecule has 5 heteroatoms. The van der Waals surface area contributed by atoms with Crippen LogP contribution in [0.1, 0.15) is 33.6 Å². The first kappa shape index (κ1) is 12.4. The van der Waals surface area contributed by atoms with E-state index in [4.69, 9.17) is 4.74 Å². The van der Waals surface area contributed by atoms with Gasteiger partial charge in [0.15, 0.2) is 5.96 Å².